The summed E-state index contributed by atoms with van der Waals surface area (Å²) in [6.45, 7) is 7.03. The van der Waals surface area contributed by atoms with Gasteiger partial charge in [0.15, 0.2) is 0 Å². The van der Waals surface area contributed by atoms with Gasteiger partial charge in [-0.1, -0.05) is 44.5 Å². The van der Waals surface area contributed by atoms with E-state index in [1.807, 2.05) is 6.07 Å². The van der Waals surface area contributed by atoms with Crippen LogP contribution in [0.2, 0.25) is 5.02 Å². The highest BCUT2D eigenvalue weighted by Gasteiger charge is 2.42. The van der Waals surface area contributed by atoms with Gasteiger partial charge in [-0.05, 0) is 47.8 Å². The second-order valence-corrected chi connectivity index (χ2v) is 6.32. The third-order valence-corrected chi connectivity index (χ3v) is 3.81. The molecule has 0 saturated heterocycles. The van der Waals surface area contributed by atoms with E-state index in [0.717, 1.165) is 5.02 Å². The van der Waals surface area contributed by atoms with Gasteiger partial charge < -0.3 is 0 Å². The van der Waals surface area contributed by atoms with E-state index < -0.39 is 0 Å². The van der Waals surface area contributed by atoms with Crippen LogP contribution in [0, 0.1) is 5.41 Å². The Bertz CT molecular complexity index is 361. The zero-order chi connectivity index (χ0) is 11.1. The number of benzene rings is 1. The van der Waals surface area contributed by atoms with Gasteiger partial charge in [-0.15, -0.1) is 0 Å². The molecule has 1 aliphatic carbocycles. The molecule has 0 atom stereocenters. The molecule has 0 amide bonds. The summed E-state index contributed by atoms with van der Waals surface area (Å²) in [5, 5.41) is 0.849. The lowest BCUT2D eigenvalue weighted by Gasteiger charge is -2.29. The van der Waals surface area contributed by atoms with E-state index in [2.05, 4.69) is 39.0 Å². The first-order chi connectivity index (χ1) is 6.91. The SMILES string of the molecule is CC1(CC(C)(C)c2cccc(Cl)c2)CC1. The minimum atomic E-state index is 0.246. The van der Waals surface area contributed by atoms with E-state index in [1.54, 1.807) is 0 Å². The average molecular weight is 223 g/mol. The van der Waals surface area contributed by atoms with Gasteiger partial charge in [-0.2, -0.15) is 0 Å². The smallest absolute Gasteiger partial charge is 0.0408 e. The second kappa shape index (κ2) is 3.52. The molecule has 1 fully saturated rings. The molecule has 0 aliphatic heterocycles. The first kappa shape index (κ1) is 11.0. The molecule has 1 saturated carbocycles. The Morgan fingerprint density at radius 3 is 2.53 bits per heavy atom. The maximum atomic E-state index is 6.04. The van der Waals surface area contributed by atoms with Crippen LogP contribution in [0.5, 0.6) is 0 Å². The fourth-order valence-electron chi connectivity index (χ4n) is 2.47. The van der Waals surface area contributed by atoms with Crippen LogP contribution in [0.1, 0.15) is 45.6 Å². The summed E-state index contributed by atoms with van der Waals surface area (Å²) in [6, 6.07) is 8.29. The first-order valence-corrected chi connectivity index (χ1v) is 6.05. The highest BCUT2D eigenvalue weighted by Crippen LogP contribution is 2.53. The molecule has 0 radical (unpaired) electrons. The van der Waals surface area contributed by atoms with Crippen molar-refractivity contribution in [2.75, 3.05) is 0 Å². The van der Waals surface area contributed by atoms with Crippen LogP contribution in [0.3, 0.4) is 0 Å². The Balaban J connectivity index is 2.20. The highest BCUT2D eigenvalue weighted by molar-refractivity contribution is 6.30. The predicted molar refractivity (Wildman–Crippen MR) is 66.4 cm³/mol. The van der Waals surface area contributed by atoms with Gasteiger partial charge >= 0.3 is 0 Å². The highest BCUT2D eigenvalue weighted by atomic mass is 35.5. The Labute approximate surface area is 97.6 Å². The summed E-state index contributed by atoms with van der Waals surface area (Å²) in [5.74, 6) is 0. The lowest BCUT2D eigenvalue weighted by molar-refractivity contribution is 0.364. The predicted octanol–water partition coefficient (Wildman–Crippen LogP) is 4.81. The number of rotatable bonds is 3. The second-order valence-electron chi connectivity index (χ2n) is 5.88. The molecule has 0 N–H and O–H groups in total. The van der Waals surface area contributed by atoms with E-state index in [-0.39, 0.29) is 5.41 Å². The van der Waals surface area contributed by atoms with E-state index in [4.69, 9.17) is 11.6 Å². The summed E-state index contributed by atoms with van der Waals surface area (Å²) in [4.78, 5) is 0. The van der Waals surface area contributed by atoms with Crippen molar-refractivity contribution in [3.05, 3.63) is 34.9 Å². The molecule has 0 heterocycles. The van der Waals surface area contributed by atoms with Crippen molar-refractivity contribution in [3.8, 4) is 0 Å². The minimum absolute atomic E-state index is 0.246. The Hall–Kier alpha value is -0.490. The summed E-state index contributed by atoms with van der Waals surface area (Å²) in [7, 11) is 0. The molecule has 1 aromatic rings. The van der Waals surface area contributed by atoms with Gasteiger partial charge in [0.05, 0.1) is 0 Å². The molecule has 0 unspecified atom stereocenters. The third-order valence-electron chi connectivity index (χ3n) is 3.58. The fraction of sp³-hybridized carbons (Fsp3) is 0.571. The van der Waals surface area contributed by atoms with E-state index >= 15 is 0 Å². The molecule has 0 aromatic heterocycles. The van der Waals surface area contributed by atoms with Crippen LogP contribution in [-0.4, -0.2) is 0 Å². The number of hydrogen-bond donors (Lipinski definition) is 0. The zero-order valence-corrected chi connectivity index (χ0v) is 10.6. The molecule has 82 valence electrons. The van der Waals surface area contributed by atoms with Crippen molar-refractivity contribution in [1.29, 1.82) is 0 Å². The van der Waals surface area contributed by atoms with Gasteiger partial charge in [-0.25, -0.2) is 0 Å². The van der Waals surface area contributed by atoms with Crippen LogP contribution in [0.15, 0.2) is 24.3 Å². The molecular weight excluding hydrogens is 204 g/mol. The van der Waals surface area contributed by atoms with Crippen molar-refractivity contribution >= 4 is 11.6 Å². The van der Waals surface area contributed by atoms with Gasteiger partial charge in [0.25, 0.3) is 0 Å². The topological polar surface area (TPSA) is 0 Å². The van der Waals surface area contributed by atoms with Gasteiger partial charge in [0, 0.05) is 5.02 Å². The Morgan fingerprint density at radius 2 is 2.00 bits per heavy atom. The first-order valence-electron chi connectivity index (χ1n) is 5.67. The molecular formula is C14H19Cl. The van der Waals surface area contributed by atoms with Crippen molar-refractivity contribution in [2.24, 2.45) is 5.41 Å². The van der Waals surface area contributed by atoms with Crippen LogP contribution < -0.4 is 0 Å². The minimum Gasteiger partial charge on any atom is -0.0843 e. The molecule has 1 aliphatic rings. The maximum absolute atomic E-state index is 6.04. The lowest BCUT2D eigenvalue weighted by Crippen LogP contribution is -2.21. The van der Waals surface area contributed by atoms with Gasteiger partial charge in [0.1, 0.15) is 0 Å². The largest absolute Gasteiger partial charge is 0.0843 e. The van der Waals surface area contributed by atoms with Crippen molar-refractivity contribution in [1.82, 2.24) is 0 Å². The molecule has 0 nitrogen and oxygen atoms in total. The van der Waals surface area contributed by atoms with E-state index in [9.17, 15) is 0 Å². The molecule has 2 rings (SSSR count). The third kappa shape index (κ3) is 2.55. The monoisotopic (exact) mass is 222 g/mol. The normalized spacial score (nSPS) is 18.9. The van der Waals surface area contributed by atoms with Gasteiger partial charge in [0.2, 0.25) is 0 Å². The van der Waals surface area contributed by atoms with Gasteiger partial charge in [-0.3, -0.25) is 0 Å². The lowest BCUT2D eigenvalue weighted by atomic mass is 9.76. The Kier molecular flexibility index (Phi) is 2.58. The van der Waals surface area contributed by atoms with Crippen molar-refractivity contribution in [3.63, 3.8) is 0 Å². The average Bonchev–Trinajstić information content (AvgIpc) is 2.82. The quantitative estimate of drug-likeness (QED) is 0.689. The Morgan fingerprint density at radius 1 is 1.33 bits per heavy atom. The fourth-order valence-corrected chi connectivity index (χ4v) is 2.66. The van der Waals surface area contributed by atoms with Crippen molar-refractivity contribution in [2.45, 2.75) is 45.4 Å². The summed E-state index contributed by atoms with van der Waals surface area (Å²) in [5.41, 5.74) is 2.20. The maximum Gasteiger partial charge on any atom is 0.0408 e. The molecule has 1 aromatic carbocycles. The van der Waals surface area contributed by atoms with Crippen molar-refractivity contribution < 1.29 is 0 Å². The molecule has 1 heteroatoms. The summed E-state index contributed by atoms with van der Waals surface area (Å²) < 4.78 is 0. The van der Waals surface area contributed by atoms with E-state index in [1.165, 1.54) is 24.8 Å². The van der Waals surface area contributed by atoms with Crippen LogP contribution in [0.4, 0.5) is 0 Å². The van der Waals surface area contributed by atoms with Crippen LogP contribution in [0.25, 0.3) is 0 Å². The van der Waals surface area contributed by atoms with Crippen LogP contribution >= 0.6 is 11.6 Å². The van der Waals surface area contributed by atoms with E-state index in [0.29, 0.717) is 5.41 Å². The summed E-state index contributed by atoms with van der Waals surface area (Å²) in [6.07, 6.45) is 4.04. The zero-order valence-electron chi connectivity index (χ0n) is 9.81. The molecule has 0 spiro atoms. The standard InChI is InChI=1S/C14H19Cl/c1-13(2,10-14(3)7-8-14)11-5-4-6-12(15)9-11/h4-6,9H,7-8,10H2,1-3H3. The summed E-state index contributed by atoms with van der Waals surface area (Å²) >= 11 is 6.04. The van der Waals surface area contributed by atoms with Crippen LogP contribution in [-0.2, 0) is 5.41 Å². The number of hydrogen-bond acceptors (Lipinski definition) is 0. The molecule has 15 heavy (non-hydrogen) atoms. The number of halogens is 1. The molecule has 0 bridgehead atoms.